The van der Waals surface area contributed by atoms with E-state index in [-0.39, 0.29) is 18.1 Å². The lowest BCUT2D eigenvalue weighted by Crippen LogP contribution is -2.39. The summed E-state index contributed by atoms with van der Waals surface area (Å²) in [4.78, 5) is 20.4. The lowest BCUT2D eigenvalue weighted by atomic mass is 9.92. The van der Waals surface area contributed by atoms with Gasteiger partial charge in [0.15, 0.2) is 0 Å². The van der Waals surface area contributed by atoms with Gasteiger partial charge in [0.2, 0.25) is 0 Å². The minimum atomic E-state index is -0.127. The SMILES string of the molecule is Cc1ncccc1OC1CCC(NC(=O)c2cncc(Cl)c2)CC1. The molecule has 0 radical (unpaired) electrons. The Labute approximate surface area is 146 Å². The average Bonchev–Trinajstić information content (AvgIpc) is 2.58. The number of halogens is 1. The summed E-state index contributed by atoms with van der Waals surface area (Å²) in [5, 5.41) is 3.52. The van der Waals surface area contributed by atoms with Crippen molar-refractivity contribution in [2.24, 2.45) is 0 Å². The zero-order valence-corrected chi connectivity index (χ0v) is 14.3. The van der Waals surface area contributed by atoms with E-state index in [0.29, 0.717) is 10.6 Å². The third-order valence-corrected chi connectivity index (χ3v) is 4.44. The van der Waals surface area contributed by atoms with Gasteiger partial charge in [0.05, 0.1) is 22.4 Å². The van der Waals surface area contributed by atoms with E-state index in [4.69, 9.17) is 16.3 Å². The maximum atomic E-state index is 12.2. The van der Waals surface area contributed by atoms with Gasteiger partial charge in [-0.1, -0.05) is 11.6 Å². The monoisotopic (exact) mass is 345 g/mol. The number of aromatic nitrogens is 2. The van der Waals surface area contributed by atoms with Crippen molar-refractivity contribution in [3.63, 3.8) is 0 Å². The Morgan fingerprint density at radius 1 is 1.29 bits per heavy atom. The second-order valence-corrected chi connectivity index (χ2v) is 6.48. The molecule has 2 aromatic rings. The van der Waals surface area contributed by atoms with Crippen molar-refractivity contribution in [1.82, 2.24) is 15.3 Å². The van der Waals surface area contributed by atoms with Crippen LogP contribution in [0.5, 0.6) is 5.75 Å². The van der Waals surface area contributed by atoms with Crippen LogP contribution < -0.4 is 10.1 Å². The summed E-state index contributed by atoms with van der Waals surface area (Å²) in [5.41, 5.74) is 1.40. The minimum Gasteiger partial charge on any atom is -0.489 e. The van der Waals surface area contributed by atoms with Crippen LogP contribution in [0.2, 0.25) is 5.02 Å². The molecule has 1 amide bonds. The number of amides is 1. The fourth-order valence-electron chi connectivity index (χ4n) is 2.90. The Bertz CT molecular complexity index is 715. The van der Waals surface area contributed by atoms with Crippen molar-refractivity contribution in [1.29, 1.82) is 0 Å². The van der Waals surface area contributed by atoms with Gasteiger partial charge in [-0.25, -0.2) is 0 Å². The summed E-state index contributed by atoms with van der Waals surface area (Å²) in [5.74, 6) is 0.715. The van der Waals surface area contributed by atoms with Crippen LogP contribution in [0.15, 0.2) is 36.8 Å². The molecule has 24 heavy (non-hydrogen) atoms. The van der Waals surface area contributed by atoms with Gasteiger partial charge in [-0.15, -0.1) is 0 Å². The number of hydrogen-bond donors (Lipinski definition) is 1. The third-order valence-electron chi connectivity index (χ3n) is 4.23. The molecule has 0 atom stereocenters. The van der Waals surface area contributed by atoms with Crippen molar-refractivity contribution in [3.8, 4) is 5.75 Å². The van der Waals surface area contributed by atoms with Crippen LogP contribution in [-0.4, -0.2) is 28.0 Å². The van der Waals surface area contributed by atoms with Gasteiger partial charge in [0, 0.05) is 24.6 Å². The largest absolute Gasteiger partial charge is 0.489 e. The van der Waals surface area contributed by atoms with Gasteiger partial charge in [-0.3, -0.25) is 14.8 Å². The van der Waals surface area contributed by atoms with Crippen LogP contribution in [0.4, 0.5) is 0 Å². The highest BCUT2D eigenvalue weighted by molar-refractivity contribution is 6.30. The molecule has 0 aliphatic heterocycles. The number of hydrogen-bond acceptors (Lipinski definition) is 4. The maximum absolute atomic E-state index is 12.2. The molecule has 0 unspecified atom stereocenters. The van der Waals surface area contributed by atoms with Crippen molar-refractivity contribution in [2.75, 3.05) is 0 Å². The summed E-state index contributed by atoms with van der Waals surface area (Å²) in [6, 6.07) is 5.62. The Hall–Kier alpha value is -2.14. The molecule has 1 N–H and O–H groups in total. The van der Waals surface area contributed by atoms with Gasteiger partial charge in [-0.2, -0.15) is 0 Å². The number of nitrogens with zero attached hydrogens (tertiary/aromatic N) is 2. The standard InChI is InChI=1S/C18H20ClN3O2/c1-12-17(3-2-8-21-12)24-16-6-4-15(5-7-16)22-18(23)13-9-14(19)11-20-10-13/h2-3,8-11,15-16H,4-7H2,1H3,(H,22,23). The zero-order valence-electron chi connectivity index (χ0n) is 13.5. The van der Waals surface area contributed by atoms with E-state index in [1.165, 1.54) is 12.4 Å². The minimum absolute atomic E-state index is 0.127. The molecule has 1 aliphatic carbocycles. The van der Waals surface area contributed by atoms with Crippen molar-refractivity contribution >= 4 is 17.5 Å². The molecule has 2 aromatic heterocycles. The summed E-state index contributed by atoms with van der Waals surface area (Å²) < 4.78 is 6.04. The fraction of sp³-hybridized carbons (Fsp3) is 0.389. The van der Waals surface area contributed by atoms with Crippen molar-refractivity contribution < 1.29 is 9.53 Å². The Balaban J connectivity index is 1.50. The van der Waals surface area contributed by atoms with Gasteiger partial charge < -0.3 is 10.1 Å². The molecule has 0 spiro atoms. The normalized spacial score (nSPS) is 20.4. The Kier molecular flexibility index (Phi) is 5.30. The van der Waals surface area contributed by atoms with Crippen molar-refractivity contribution in [3.05, 3.63) is 53.1 Å². The number of aryl methyl sites for hydroxylation is 1. The van der Waals surface area contributed by atoms with Crippen LogP contribution >= 0.6 is 11.6 Å². The van der Waals surface area contributed by atoms with E-state index in [9.17, 15) is 4.79 Å². The second kappa shape index (κ2) is 7.62. The highest BCUT2D eigenvalue weighted by Crippen LogP contribution is 2.25. The maximum Gasteiger partial charge on any atom is 0.253 e. The van der Waals surface area contributed by atoms with E-state index >= 15 is 0 Å². The Morgan fingerprint density at radius 3 is 2.79 bits per heavy atom. The molecule has 0 saturated heterocycles. The van der Waals surface area contributed by atoms with Gasteiger partial charge in [0.1, 0.15) is 5.75 Å². The molecule has 1 aliphatic rings. The molecule has 2 heterocycles. The van der Waals surface area contributed by atoms with Gasteiger partial charge in [0.25, 0.3) is 5.91 Å². The molecule has 126 valence electrons. The smallest absolute Gasteiger partial charge is 0.253 e. The lowest BCUT2D eigenvalue weighted by Gasteiger charge is -2.29. The van der Waals surface area contributed by atoms with Crippen molar-refractivity contribution in [2.45, 2.75) is 44.8 Å². The van der Waals surface area contributed by atoms with Crippen LogP contribution in [-0.2, 0) is 0 Å². The molecule has 6 heteroatoms. The quantitative estimate of drug-likeness (QED) is 0.920. The average molecular weight is 346 g/mol. The fourth-order valence-corrected chi connectivity index (χ4v) is 3.08. The zero-order chi connectivity index (χ0) is 16.9. The first-order valence-corrected chi connectivity index (χ1v) is 8.49. The summed E-state index contributed by atoms with van der Waals surface area (Å²) >= 11 is 5.88. The number of carbonyl (C=O) groups is 1. The number of nitrogens with one attached hydrogen (secondary N) is 1. The highest BCUT2D eigenvalue weighted by atomic mass is 35.5. The third kappa shape index (κ3) is 4.23. The van der Waals surface area contributed by atoms with E-state index < -0.39 is 0 Å². The lowest BCUT2D eigenvalue weighted by molar-refractivity contribution is 0.0893. The molecule has 1 saturated carbocycles. The summed E-state index contributed by atoms with van der Waals surface area (Å²) in [7, 11) is 0. The van der Waals surface area contributed by atoms with Crippen LogP contribution in [0.3, 0.4) is 0 Å². The second-order valence-electron chi connectivity index (χ2n) is 6.04. The highest BCUT2D eigenvalue weighted by Gasteiger charge is 2.24. The topological polar surface area (TPSA) is 64.1 Å². The van der Waals surface area contributed by atoms with E-state index in [1.54, 1.807) is 12.3 Å². The molecule has 0 bridgehead atoms. The molecular weight excluding hydrogens is 326 g/mol. The number of pyridine rings is 2. The predicted octanol–water partition coefficient (Wildman–Crippen LogP) is 3.56. The Morgan fingerprint density at radius 2 is 2.08 bits per heavy atom. The molecule has 3 rings (SSSR count). The summed E-state index contributed by atoms with van der Waals surface area (Å²) in [6.45, 7) is 1.94. The number of carbonyl (C=O) groups excluding carboxylic acids is 1. The van der Waals surface area contributed by atoms with Gasteiger partial charge >= 0.3 is 0 Å². The number of rotatable bonds is 4. The molecule has 0 aromatic carbocycles. The first-order chi connectivity index (χ1) is 11.6. The van der Waals surface area contributed by atoms with Crippen LogP contribution in [0, 0.1) is 6.92 Å². The first kappa shape index (κ1) is 16.7. The molecule has 1 fully saturated rings. The van der Waals surface area contributed by atoms with Gasteiger partial charge in [-0.05, 0) is 50.8 Å². The first-order valence-electron chi connectivity index (χ1n) is 8.11. The molecular formula is C18H20ClN3O2. The van der Waals surface area contributed by atoms with E-state index in [0.717, 1.165) is 37.1 Å². The van der Waals surface area contributed by atoms with Crippen LogP contribution in [0.1, 0.15) is 41.7 Å². The predicted molar refractivity (Wildman–Crippen MR) is 92.4 cm³/mol. The number of ether oxygens (including phenoxy) is 1. The summed E-state index contributed by atoms with van der Waals surface area (Å²) in [6.07, 6.45) is 8.59. The van der Waals surface area contributed by atoms with E-state index in [1.807, 2.05) is 19.1 Å². The molecule has 5 nitrogen and oxygen atoms in total. The van der Waals surface area contributed by atoms with Crippen LogP contribution in [0.25, 0.3) is 0 Å². The van der Waals surface area contributed by atoms with E-state index in [2.05, 4.69) is 15.3 Å².